The quantitative estimate of drug-likeness (QED) is 0.549. The number of nitrogens with one attached hydrogen (secondary N) is 2. The number of aliphatic hydroxyl groups excluding tert-OH is 1. The summed E-state index contributed by atoms with van der Waals surface area (Å²) in [5, 5.41) is 20.0. The standard InChI is InChI=1S/C14H25N5O2/c1-3-15-14(18-11-4-6-12(20)7-5-11)16-9-8-13-17-10(2)19-21-13/h11-12,20H,3-9H2,1-2H3,(H2,15,16,18). The first kappa shape index (κ1) is 15.8. The number of hydrogen-bond donors (Lipinski definition) is 3. The smallest absolute Gasteiger partial charge is 0.228 e. The Hall–Kier alpha value is -1.63. The van der Waals surface area contributed by atoms with Crippen molar-refractivity contribution in [3.8, 4) is 0 Å². The Morgan fingerprint density at radius 1 is 1.38 bits per heavy atom. The van der Waals surface area contributed by atoms with E-state index in [4.69, 9.17) is 4.52 Å². The molecule has 0 aliphatic heterocycles. The van der Waals surface area contributed by atoms with Gasteiger partial charge in [0.2, 0.25) is 5.89 Å². The molecule has 1 heterocycles. The van der Waals surface area contributed by atoms with Crippen molar-refractivity contribution in [1.82, 2.24) is 20.8 Å². The third-order valence-electron chi connectivity index (χ3n) is 3.55. The molecule has 3 N–H and O–H groups in total. The van der Waals surface area contributed by atoms with E-state index in [9.17, 15) is 5.11 Å². The molecule has 0 amide bonds. The van der Waals surface area contributed by atoms with Crippen LogP contribution in [0.4, 0.5) is 0 Å². The van der Waals surface area contributed by atoms with Gasteiger partial charge in [0.25, 0.3) is 0 Å². The minimum absolute atomic E-state index is 0.136. The zero-order chi connectivity index (χ0) is 15.1. The molecular weight excluding hydrogens is 270 g/mol. The van der Waals surface area contributed by atoms with Crippen LogP contribution < -0.4 is 10.6 Å². The van der Waals surface area contributed by atoms with E-state index >= 15 is 0 Å². The lowest BCUT2D eigenvalue weighted by molar-refractivity contribution is 0.120. The number of guanidine groups is 1. The van der Waals surface area contributed by atoms with Crippen LogP contribution in [0.1, 0.15) is 44.3 Å². The van der Waals surface area contributed by atoms with E-state index in [-0.39, 0.29) is 6.10 Å². The summed E-state index contributed by atoms with van der Waals surface area (Å²) in [7, 11) is 0. The van der Waals surface area contributed by atoms with E-state index in [0.29, 0.717) is 30.7 Å². The van der Waals surface area contributed by atoms with Crippen LogP contribution in [-0.4, -0.2) is 46.4 Å². The largest absolute Gasteiger partial charge is 0.393 e. The Kier molecular flexibility index (Phi) is 5.98. The van der Waals surface area contributed by atoms with Gasteiger partial charge in [-0.2, -0.15) is 4.98 Å². The second kappa shape index (κ2) is 7.97. The fourth-order valence-electron chi connectivity index (χ4n) is 2.44. The second-order valence-electron chi connectivity index (χ2n) is 5.40. The van der Waals surface area contributed by atoms with Crippen molar-refractivity contribution in [2.24, 2.45) is 4.99 Å². The summed E-state index contributed by atoms with van der Waals surface area (Å²) in [5.74, 6) is 2.09. The molecule has 0 spiro atoms. The summed E-state index contributed by atoms with van der Waals surface area (Å²) >= 11 is 0. The lowest BCUT2D eigenvalue weighted by Gasteiger charge is -2.27. The summed E-state index contributed by atoms with van der Waals surface area (Å²) in [6.07, 6.45) is 4.18. The van der Waals surface area contributed by atoms with Gasteiger partial charge in [-0.25, -0.2) is 0 Å². The molecule has 1 aromatic rings. The third-order valence-corrected chi connectivity index (χ3v) is 3.55. The van der Waals surface area contributed by atoms with Crippen molar-refractivity contribution in [3.05, 3.63) is 11.7 Å². The number of nitrogens with zero attached hydrogens (tertiary/aromatic N) is 3. The van der Waals surface area contributed by atoms with Crippen molar-refractivity contribution in [2.45, 2.75) is 58.1 Å². The topological polar surface area (TPSA) is 95.6 Å². The maximum absolute atomic E-state index is 9.54. The Balaban J connectivity index is 1.81. The summed E-state index contributed by atoms with van der Waals surface area (Å²) in [4.78, 5) is 8.70. The van der Waals surface area contributed by atoms with Gasteiger partial charge in [0.05, 0.1) is 12.6 Å². The number of aromatic nitrogens is 2. The predicted octanol–water partition coefficient (Wildman–Crippen LogP) is 0.779. The van der Waals surface area contributed by atoms with Crippen LogP contribution in [0.5, 0.6) is 0 Å². The molecule has 7 nitrogen and oxygen atoms in total. The molecule has 0 saturated heterocycles. The Labute approximate surface area is 125 Å². The van der Waals surface area contributed by atoms with Crippen LogP contribution in [-0.2, 0) is 6.42 Å². The van der Waals surface area contributed by atoms with Crippen LogP contribution in [0.2, 0.25) is 0 Å². The molecule has 1 aliphatic carbocycles. The molecule has 118 valence electrons. The molecule has 0 unspecified atom stereocenters. The van der Waals surface area contributed by atoms with E-state index in [1.54, 1.807) is 6.92 Å². The Morgan fingerprint density at radius 3 is 2.76 bits per heavy atom. The molecule has 0 atom stereocenters. The highest BCUT2D eigenvalue weighted by Gasteiger charge is 2.19. The summed E-state index contributed by atoms with van der Waals surface area (Å²) in [6.45, 7) is 5.27. The second-order valence-corrected chi connectivity index (χ2v) is 5.40. The fraction of sp³-hybridized carbons (Fsp3) is 0.786. The first-order valence-electron chi connectivity index (χ1n) is 7.69. The maximum atomic E-state index is 9.54. The minimum Gasteiger partial charge on any atom is -0.393 e. The van der Waals surface area contributed by atoms with Gasteiger partial charge in [-0.15, -0.1) is 0 Å². The molecule has 0 aromatic carbocycles. The lowest BCUT2D eigenvalue weighted by atomic mass is 9.93. The minimum atomic E-state index is -0.136. The molecule has 21 heavy (non-hydrogen) atoms. The molecule has 1 saturated carbocycles. The third kappa shape index (κ3) is 5.34. The first-order chi connectivity index (χ1) is 10.2. The van der Waals surface area contributed by atoms with Gasteiger partial charge < -0.3 is 20.3 Å². The van der Waals surface area contributed by atoms with Crippen LogP contribution in [0.25, 0.3) is 0 Å². The normalized spacial score (nSPS) is 23.1. The van der Waals surface area contributed by atoms with E-state index in [2.05, 4.69) is 25.8 Å². The lowest BCUT2D eigenvalue weighted by Crippen LogP contribution is -2.45. The molecule has 0 bridgehead atoms. The van der Waals surface area contributed by atoms with Crippen molar-refractivity contribution in [1.29, 1.82) is 0 Å². The molecule has 1 aliphatic rings. The van der Waals surface area contributed by atoms with Gasteiger partial charge in [-0.05, 0) is 39.5 Å². The highest BCUT2D eigenvalue weighted by atomic mass is 16.5. The fourth-order valence-corrected chi connectivity index (χ4v) is 2.44. The van der Waals surface area contributed by atoms with Gasteiger partial charge in [0.15, 0.2) is 11.8 Å². The van der Waals surface area contributed by atoms with E-state index in [1.165, 1.54) is 0 Å². The Morgan fingerprint density at radius 2 is 2.14 bits per heavy atom. The van der Waals surface area contributed by atoms with Crippen molar-refractivity contribution in [2.75, 3.05) is 13.1 Å². The number of aliphatic imine (C=N–C) groups is 1. The van der Waals surface area contributed by atoms with Gasteiger partial charge >= 0.3 is 0 Å². The average molecular weight is 295 g/mol. The number of aliphatic hydroxyl groups is 1. The zero-order valence-electron chi connectivity index (χ0n) is 12.8. The highest BCUT2D eigenvalue weighted by molar-refractivity contribution is 5.80. The van der Waals surface area contributed by atoms with Crippen molar-refractivity contribution >= 4 is 5.96 Å². The van der Waals surface area contributed by atoms with Crippen molar-refractivity contribution in [3.63, 3.8) is 0 Å². The average Bonchev–Trinajstić information content (AvgIpc) is 2.87. The number of rotatable bonds is 5. The van der Waals surface area contributed by atoms with E-state index in [0.717, 1.165) is 38.2 Å². The monoisotopic (exact) mass is 295 g/mol. The molecule has 1 fully saturated rings. The number of aryl methyl sites for hydroxylation is 1. The van der Waals surface area contributed by atoms with Crippen LogP contribution >= 0.6 is 0 Å². The van der Waals surface area contributed by atoms with Crippen molar-refractivity contribution < 1.29 is 9.63 Å². The van der Waals surface area contributed by atoms with Gasteiger partial charge in [-0.3, -0.25) is 4.99 Å². The predicted molar refractivity (Wildman–Crippen MR) is 80.1 cm³/mol. The summed E-state index contributed by atoms with van der Waals surface area (Å²) in [5.41, 5.74) is 0. The van der Waals surface area contributed by atoms with Gasteiger partial charge in [0.1, 0.15) is 0 Å². The van der Waals surface area contributed by atoms with Crippen LogP contribution in [0, 0.1) is 6.92 Å². The zero-order valence-corrected chi connectivity index (χ0v) is 12.8. The Bertz CT molecular complexity index is 452. The first-order valence-corrected chi connectivity index (χ1v) is 7.69. The molecule has 7 heteroatoms. The van der Waals surface area contributed by atoms with Gasteiger partial charge in [0, 0.05) is 19.0 Å². The summed E-state index contributed by atoms with van der Waals surface area (Å²) < 4.78 is 5.07. The number of hydrogen-bond acceptors (Lipinski definition) is 5. The van der Waals surface area contributed by atoms with Crippen LogP contribution in [0.3, 0.4) is 0 Å². The molecule has 2 rings (SSSR count). The maximum Gasteiger partial charge on any atom is 0.228 e. The molecular formula is C14H25N5O2. The highest BCUT2D eigenvalue weighted by Crippen LogP contribution is 2.18. The summed E-state index contributed by atoms with van der Waals surface area (Å²) in [6, 6.07) is 0.386. The van der Waals surface area contributed by atoms with Crippen LogP contribution in [0.15, 0.2) is 9.52 Å². The molecule has 0 radical (unpaired) electrons. The van der Waals surface area contributed by atoms with E-state index in [1.807, 2.05) is 6.92 Å². The molecule has 1 aromatic heterocycles. The van der Waals surface area contributed by atoms with Gasteiger partial charge in [-0.1, -0.05) is 5.16 Å². The van der Waals surface area contributed by atoms with E-state index < -0.39 is 0 Å². The SMILES string of the molecule is CCNC(=NCCc1nc(C)no1)NC1CCC(O)CC1.